The van der Waals surface area contributed by atoms with Crippen molar-refractivity contribution in [1.29, 1.82) is 0 Å². The molecule has 1 fully saturated rings. The van der Waals surface area contributed by atoms with Crippen LogP contribution in [0.4, 0.5) is 0 Å². The number of hydrogen-bond acceptors (Lipinski definition) is 6. The van der Waals surface area contributed by atoms with Crippen LogP contribution < -0.4 is 0 Å². The normalized spacial score (nSPS) is 16.1. The van der Waals surface area contributed by atoms with E-state index in [0.29, 0.717) is 37.8 Å². The first-order chi connectivity index (χ1) is 7.70. The van der Waals surface area contributed by atoms with Gasteiger partial charge in [-0.25, -0.2) is 4.79 Å². The molecule has 16 heavy (non-hydrogen) atoms. The first kappa shape index (κ1) is 11.0. The molecule has 0 atom stereocenters. The van der Waals surface area contributed by atoms with E-state index in [4.69, 9.17) is 9.84 Å². The molecule has 0 spiro atoms. The first-order valence-corrected chi connectivity index (χ1v) is 5.40. The van der Waals surface area contributed by atoms with Gasteiger partial charge < -0.3 is 14.7 Å². The van der Waals surface area contributed by atoms with Crippen LogP contribution in [0.3, 0.4) is 0 Å². The highest BCUT2D eigenvalue weighted by Crippen LogP contribution is 2.13. The van der Waals surface area contributed by atoms with E-state index in [-0.39, 0.29) is 10.6 Å². The van der Waals surface area contributed by atoms with Gasteiger partial charge in [-0.3, -0.25) is 4.79 Å². The minimum atomic E-state index is -1.17. The Kier molecular flexibility index (Phi) is 3.11. The zero-order valence-corrected chi connectivity index (χ0v) is 9.07. The molecule has 2 heterocycles. The molecule has 0 bridgehead atoms. The van der Waals surface area contributed by atoms with Gasteiger partial charge in [-0.1, -0.05) is 4.49 Å². The van der Waals surface area contributed by atoms with E-state index < -0.39 is 11.9 Å². The second-order valence-electron chi connectivity index (χ2n) is 3.16. The smallest absolute Gasteiger partial charge is 0.350 e. The van der Waals surface area contributed by atoms with Crippen molar-refractivity contribution in [2.75, 3.05) is 26.3 Å². The molecule has 1 N–H and O–H groups in total. The van der Waals surface area contributed by atoms with Crippen LogP contribution in [0.5, 0.6) is 0 Å². The zero-order valence-electron chi connectivity index (χ0n) is 8.25. The quantitative estimate of drug-likeness (QED) is 0.767. The molecule has 0 unspecified atom stereocenters. The molecular formula is C8H9N3O4S. The van der Waals surface area contributed by atoms with Crippen LogP contribution in [0.15, 0.2) is 0 Å². The number of carboxylic acids is 1. The Hall–Kier alpha value is -1.54. The minimum Gasteiger partial charge on any atom is -0.477 e. The lowest BCUT2D eigenvalue weighted by atomic mass is 10.3. The number of nitrogens with zero attached hydrogens (tertiary/aromatic N) is 3. The number of aromatic nitrogens is 2. The van der Waals surface area contributed by atoms with E-state index in [0.717, 1.165) is 0 Å². The Labute approximate surface area is 94.8 Å². The van der Waals surface area contributed by atoms with Crippen LogP contribution in [0.1, 0.15) is 20.2 Å². The summed E-state index contributed by atoms with van der Waals surface area (Å²) in [5.41, 5.74) is -0.0839. The highest BCUT2D eigenvalue weighted by atomic mass is 32.1. The molecule has 7 nitrogen and oxygen atoms in total. The van der Waals surface area contributed by atoms with E-state index in [2.05, 4.69) is 9.59 Å². The van der Waals surface area contributed by atoms with Crippen molar-refractivity contribution < 1.29 is 19.4 Å². The van der Waals surface area contributed by atoms with Crippen LogP contribution in [0.2, 0.25) is 0 Å². The van der Waals surface area contributed by atoms with E-state index in [1.807, 2.05) is 0 Å². The summed E-state index contributed by atoms with van der Waals surface area (Å²) in [6.45, 7) is 1.84. The van der Waals surface area contributed by atoms with Gasteiger partial charge in [0.25, 0.3) is 5.91 Å². The maximum atomic E-state index is 11.9. The molecular weight excluding hydrogens is 234 g/mol. The molecule has 0 radical (unpaired) electrons. The highest BCUT2D eigenvalue weighted by molar-refractivity contribution is 7.08. The van der Waals surface area contributed by atoms with Crippen LogP contribution in [-0.2, 0) is 4.74 Å². The van der Waals surface area contributed by atoms with Crippen molar-refractivity contribution in [3.63, 3.8) is 0 Å². The van der Waals surface area contributed by atoms with Gasteiger partial charge in [-0.05, 0) is 11.5 Å². The van der Waals surface area contributed by atoms with Crippen molar-refractivity contribution >= 4 is 23.4 Å². The monoisotopic (exact) mass is 243 g/mol. The molecule has 1 aliphatic heterocycles. The fourth-order valence-corrected chi connectivity index (χ4v) is 1.88. The number of morpholine rings is 1. The maximum absolute atomic E-state index is 11.9. The fraction of sp³-hybridized carbons (Fsp3) is 0.500. The van der Waals surface area contributed by atoms with Gasteiger partial charge >= 0.3 is 5.97 Å². The molecule has 0 aromatic carbocycles. The van der Waals surface area contributed by atoms with Gasteiger partial charge in [-0.15, -0.1) is 5.10 Å². The lowest BCUT2D eigenvalue weighted by Crippen LogP contribution is -2.41. The number of carboxylic acid groups (broad SMARTS) is 1. The predicted octanol–water partition coefficient (Wildman–Crippen LogP) is -0.291. The van der Waals surface area contributed by atoms with Crippen LogP contribution in [0.25, 0.3) is 0 Å². The number of aromatic carboxylic acids is 1. The van der Waals surface area contributed by atoms with E-state index in [1.165, 1.54) is 4.90 Å². The molecule has 0 saturated carbocycles. The molecule has 1 amide bonds. The van der Waals surface area contributed by atoms with Crippen LogP contribution in [0, 0.1) is 0 Å². The molecule has 86 valence electrons. The van der Waals surface area contributed by atoms with Crippen molar-refractivity contribution in [3.05, 3.63) is 10.6 Å². The average Bonchev–Trinajstić information content (AvgIpc) is 2.78. The number of hydrogen-bond donors (Lipinski definition) is 1. The summed E-state index contributed by atoms with van der Waals surface area (Å²) in [7, 11) is 0. The molecule has 1 aromatic rings. The highest BCUT2D eigenvalue weighted by Gasteiger charge is 2.26. The third-order valence-electron chi connectivity index (χ3n) is 2.18. The Morgan fingerprint density at radius 3 is 2.69 bits per heavy atom. The predicted molar refractivity (Wildman–Crippen MR) is 53.6 cm³/mol. The topological polar surface area (TPSA) is 92.6 Å². The van der Waals surface area contributed by atoms with Crippen molar-refractivity contribution in [2.24, 2.45) is 0 Å². The van der Waals surface area contributed by atoms with Crippen LogP contribution >= 0.6 is 11.5 Å². The molecule has 0 aliphatic carbocycles. The lowest BCUT2D eigenvalue weighted by Gasteiger charge is -2.25. The Morgan fingerprint density at radius 2 is 2.06 bits per heavy atom. The van der Waals surface area contributed by atoms with E-state index >= 15 is 0 Å². The summed E-state index contributed by atoms with van der Waals surface area (Å²) < 4.78 is 8.59. The summed E-state index contributed by atoms with van der Waals surface area (Å²) >= 11 is 0.711. The van der Waals surface area contributed by atoms with Crippen molar-refractivity contribution in [2.45, 2.75) is 0 Å². The average molecular weight is 243 g/mol. The van der Waals surface area contributed by atoms with Gasteiger partial charge in [0, 0.05) is 13.1 Å². The van der Waals surface area contributed by atoms with Crippen molar-refractivity contribution in [3.8, 4) is 0 Å². The van der Waals surface area contributed by atoms with E-state index in [1.54, 1.807) is 0 Å². The molecule has 1 aromatic heterocycles. The Balaban J connectivity index is 2.19. The van der Waals surface area contributed by atoms with Gasteiger partial charge in [0.05, 0.1) is 13.2 Å². The van der Waals surface area contributed by atoms with Gasteiger partial charge in [0.2, 0.25) is 0 Å². The largest absolute Gasteiger partial charge is 0.477 e. The molecule has 2 rings (SSSR count). The van der Waals surface area contributed by atoms with Gasteiger partial charge in [0.1, 0.15) is 0 Å². The minimum absolute atomic E-state index is 0.0839. The summed E-state index contributed by atoms with van der Waals surface area (Å²) in [5, 5.41) is 12.4. The second-order valence-corrected chi connectivity index (χ2v) is 3.91. The number of amides is 1. The summed E-state index contributed by atoms with van der Waals surface area (Å²) in [4.78, 5) is 24.1. The summed E-state index contributed by atoms with van der Waals surface area (Å²) in [6.07, 6.45) is 0. The maximum Gasteiger partial charge on any atom is 0.350 e. The third kappa shape index (κ3) is 2.02. The molecule has 1 saturated heterocycles. The van der Waals surface area contributed by atoms with E-state index in [9.17, 15) is 9.59 Å². The zero-order chi connectivity index (χ0) is 11.5. The number of rotatable bonds is 2. The fourth-order valence-electron chi connectivity index (χ4n) is 1.39. The second kappa shape index (κ2) is 4.54. The number of carbonyl (C=O) groups is 2. The number of ether oxygens (including phenoxy) is 1. The SMILES string of the molecule is O=C(O)c1snnc1C(=O)N1CCOCC1. The first-order valence-electron chi connectivity index (χ1n) is 4.63. The third-order valence-corrected chi connectivity index (χ3v) is 2.90. The molecule has 8 heteroatoms. The summed E-state index contributed by atoms with van der Waals surface area (Å²) in [5.74, 6) is -1.57. The van der Waals surface area contributed by atoms with Gasteiger partial charge in [-0.2, -0.15) is 0 Å². The van der Waals surface area contributed by atoms with Crippen LogP contribution in [-0.4, -0.2) is 57.8 Å². The Morgan fingerprint density at radius 1 is 1.38 bits per heavy atom. The lowest BCUT2D eigenvalue weighted by molar-refractivity contribution is 0.0296. The van der Waals surface area contributed by atoms with Crippen molar-refractivity contribution in [1.82, 2.24) is 14.5 Å². The number of carbonyl (C=O) groups excluding carboxylic acids is 1. The summed E-state index contributed by atoms with van der Waals surface area (Å²) in [6, 6.07) is 0. The van der Waals surface area contributed by atoms with Gasteiger partial charge in [0.15, 0.2) is 10.6 Å². The standard InChI is InChI=1S/C8H9N3O4S/c12-7(11-1-3-15-4-2-11)5-6(8(13)14)16-10-9-5/h1-4H2,(H,13,14). The molecule has 1 aliphatic rings. The Bertz CT molecular complexity index is 413.